The molecule has 1 unspecified atom stereocenters. The topological polar surface area (TPSA) is 93.8 Å². The Kier molecular flexibility index (Phi) is 5.73. The summed E-state index contributed by atoms with van der Waals surface area (Å²) in [6, 6.07) is 11.4. The molecule has 0 radical (unpaired) electrons. The molecule has 1 aliphatic carbocycles. The molecule has 2 aromatic heterocycles. The summed E-state index contributed by atoms with van der Waals surface area (Å²) in [7, 11) is 2.68. The minimum atomic E-state index is -0.816. The molecule has 0 saturated heterocycles. The van der Waals surface area contributed by atoms with Crippen molar-refractivity contribution < 1.29 is 9.18 Å². The second-order valence-electron chi connectivity index (χ2n) is 7.68. The lowest BCUT2D eigenvalue weighted by Gasteiger charge is -2.44. The number of nitrogens with two attached hydrogens (primary N) is 1. The molecule has 6 nitrogen and oxygen atoms in total. The Morgan fingerprint density at radius 1 is 1.17 bits per heavy atom. The molecule has 8 heteroatoms. The number of halogens is 1. The van der Waals surface area contributed by atoms with Gasteiger partial charge in [0.15, 0.2) is 0 Å². The number of rotatable bonds is 7. The average molecular weight is 423 g/mol. The predicted octanol–water partition coefficient (Wildman–Crippen LogP) is 2.55. The van der Waals surface area contributed by atoms with Gasteiger partial charge < -0.3 is 11.1 Å². The van der Waals surface area contributed by atoms with E-state index in [0.29, 0.717) is 25.3 Å². The van der Waals surface area contributed by atoms with Gasteiger partial charge in [-0.2, -0.15) is 0 Å². The van der Waals surface area contributed by atoms with E-state index >= 15 is 0 Å². The fraction of sp³-hybridized carbons (Fsp3) is 0.273. The monoisotopic (exact) mass is 423 g/mol. The molecule has 1 aliphatic rings. The highest BCUT2D eigenvalue weighted by Gasteiger charge is 2.47. The average Bonchev–Trinajstić information content (AvgIpc) is 2.71. The van der Waals surface area contributed by atoms with Crippen LogP contribution in [0.2, 0.25) is 0 Å². The third kappa shape index (κ3) is 4.17. The van der Waals surface area contributed by atoms with Crippen LogP contribution in [-0.4, -0.2) is 33.6 Å². The highest BCUT2D eigenvalue weighted by molar-refractivity contribution is 7.27. The molecule has 1 aromatic carbocycles. The molecule has 30 heavy (non-hydrogen) atoms. The van der Waals surface area contributed by atoms with Crippen molar-refractivity contribution >= 4 is 26.4 Å². The Morgan fingerprint density at radius 2 is 1.90 bits per heavy atom. The van der Waals surface area contributed by atoms with Gasteiger partial charge in [0.1, 0.15) is 6.17 Å². The predicted molar refractivity (Wildman–Crippen MR) is 118 cm³/mol. The van der Waals surface area contributed by atoms with E-state index in [1.807, 2.05) is 36.4 Å². The molecular weight excluding hydrogens is 400 g/mol. The van der Waals surface area contributed by atoms with Gasteiger partial charge in [0.25, 0.3) is 0 Å². The van der Waals surface area contributed by atoms with Crippen molar-refractivity contribution in [3.05, 3.63) is 66.2 Å². The van der Waals surface area contributed by atoms with Crippen LogP contribution in [0.3, 0.4) is 0 Å². The number of nitrogens with zero attached hydrogens (tertiary/aromatic N) is 3. The lowest BCUT2D eigenvalue weighted by molar-refractivity contribution is -0.117. The molecule has 0 aliphatic heterocycles. The minimum Gasteiger partial charge on any atom is -0.369 e. The van der Waals surface area contributed by atoms with E-state index in [2.05, 4.69) is 29.5 Å². The first kappa shape index (κ1) is 20.4. The Balaban J connectivity index is 1.51. The van der Waals surface area contributed by atoms with Crippen molar-refractivity contribution in [1.29, 1.82) is 0 Å². The normalized spacial score (nSPS) is 20.4. The number of benzene rings is 1. The van der Waals surface area contributed by atoms with Crippen LogP contribution in [-0.2, 0) is 16.6 Å². The van der Waals surface area contributed by atoms with Gasteiger partial charge in [-0.3, -0.25) is 9.78 Å². The van der Waals surface area contributed by atoms with Crippen LogP contribution in [0, 0.1) is 0 Å². The van der Waals surface area contributed by atoms with Crippen molar-refractivity contribution in [3.8, 4) is 11.1 Å². The van der Waals surface area contributed by atoms with Crippen LogP contribution in [0.4, 0.5) is 10.3 Å². The quantitative estimate of drug-likeness (QED) is 0.570. The first-order valence-electron chi connectivity index (χ1n) is 9.74. The van der Waals surface area contributed by atoms with Crippen LogP contribution in [0.15, 0.2) is 55.0 Å². The van der Waals surface area contributed by atoms with E-state index in [9.17, 15) is 9.18 Å². The smallest absolute Gasteiger partial charge is 0.222 e. The fourth-order valence-electron chi connectivity index (χ4n) is 4.02. The number of carbonyl (C=O) groups excluding carboxylic acids is 1. The van der Waals surface area contributed by atoms with Gasteiger partial charge in [-0.15, -0.1) is 9.24 Å². The number of hydrogen-bond acceptors (Lipinski definition) is 5. The fourth-order valence-corrected chi connectivity index (χ4v) is 4.51. The first-order valence-corrected chi connectivity index (χ1v) is 10.3. The zero-order valence-electron chi connectivity index (χ0n) is 16.4. The number of anilines is 1. The molecule has 4 rings (SSSR count). The third-order valence-corrected chi connectivity index (χ3v) is 5.96. The summed E-state index contributed by atoms with van der Waals surface area (Å²) in [5.74, 6) is 0.0793. The number of nitrogens with one attached hydrogen (secondary N) is 1. The second-order valence-corrected chi connectivity index (χ2v) is 8.30. The zero-order valence-corrected chi connectivity index (χ0v) is 17.5. The number of alkyl halides is 1. The van der Waals surface area contributed by atoms with Crippen LogP contribution in [0.1, 0.15) is 24.1 Å². The molecular formula is C22H23FN5OP. The summed E-state index contributed by atoms with van der Waals surface area (Å²) in [4.78, 5) is 24.7. The Hall–Kier alpha value is -2.92. The summed E-state index contributed by atoms with van der Waals surface area (Å²) < 4.78 is 13.8. The van der Waals surface area contributed by atoms with Crippen LogP contribution < -0.4 is 16.4 Å². The second kappa shape index (κ2) is 8.44. The molecule has 0 spiro atoms. The summed E-state index contributed by atoms with van der Waals surface area (Å²) in [6.07, 6.45) is 5.36. The SMILES string of the molecule is NC(=O)Cc1ccccc1-c1cnc(NC[C@]2(c3ncccc3P)C[C@H](F)C2)nc1. The molecule has 1 atom stereocenters. The van der Waals surface area contributed by atoms with Gasteiger partial charge in [-0.05, 0) is 35.3 Å². The number of carbonyl (C=O) groups is 1. The van der Waals surface area contributed by atoms with Crippen molar-refractivity contribution in [3.63, 3.8) is 0 Å². The van der Waals surface area contributed by atoms with Crippen LogP contribution in [0.25, 0.3) is 11.1 Å². The molecule has 3 N–H and O–H groups in total. The van der Waals surface area contributed by atoms with E-state index in [-0.39, 0.29) is 17.7 Å². The first-order chi connectivity index (χ1) is 14.5. The van der Waals surface area contributed by atoms with Gasteiger partial charge in [-0.25, -0.2) is 14.4 Å². The van der Waals surface area contributed by atoms with Crippen molar-refractivity contribution in [2.45, 2.75) is 30.8 Å². The summed E-state index contributed by atoms with van der Waals surface area (Å²) in [5.41, 5.74) is 8.39. The van der Waals surface area contributed by atoms with Crippen LogP contribution >= 0.6 is 9.24 Å². The summed E-state index contributed by atoms with van der Waals surface area (Å²) in [5, 5.41) is 4.23. The lowest BCUT2D eigenvalue weighted by atomic mass is 9.65. The Labute approximate surface area is 176 Å². The van der Waals surface area contributed by atoms with E-state index in [1.165, 1.54) is 0 Å². The van der Waals surface area contributed by atoms with Gasteiger partial charge in [0.05, 0.1) is 12.1 Å². The molecule has 2 heterocycles. The summed E-state index contributed by atoms with van der Waals surface area (Å²) >= 11 is 0. The van der Waals surface area contributed by atoms with E-state index in [0.717, 1.165) is 27.7 Å². The van der Waals surface area contributed by atoms with Crippen molar-refractivity contribution in [2.75, 3.05) is 11.9 Å². The highest BCUT2D eigenvalue weighted by Crippen LogP contribution is 2.44. The lowest BCUT2D eigenvalue weighted by Crippen LogP contribution is -2.50. The van der Waals surface area contributed by atoms with Crippen LogP contribution in [0.5, 0.6) is 0 Å². The molecule has 1 amide bonds. The molecule has 3 aromatic rings. The molecule has 154 valence electrons. The van der Waals surface area contributed by atoms with Crippen molar-refractivity contribution in [2.24, 2.45) is 5.73 Å². The number of amides is 1. The third-order valence-electron chi connectivity index (χ3n) is 5.50. The zero-order chi connectivity index (χ0) is 21.1. The summed E-state index contributed by atoms with van der Waals surface area (Å²) in [6.45, 7) is 0.503. The van der Waals surface area contributed by atoms with E-state index in [4.69, 9.17) is 5.73 Å². The highest BCUT2D eigenvalue weighted by atomic mass is 31.0. The number of primary amides is 1. The largest absolute Gasteiger partial charge is 0.369 e. The maximum absolute atomic E-state index is 13.8. The number of aromatic nitrogens is 3. The van der Waals surface area contributed by atoms with E-state index in [1.54, 1.807) is 18.6 Å². The maximum Gasteiger partial charge on any atom is 0.222 e. The van der Waals surface area contributed by atoms with E-state index < -0.39 is 6.17 Å². The van der Waals surface area contributed by atoms with Gasteiger partial charge in [0.2, 0.25) is 11.9 Å². The molecule has 0 bridgehead atoms. The standard InChI is InChI=1S/C22H23FN5OP/c23-16-9-22(10-16,20-18(30)6-3-7-25-20)13-28-21-26-11-15(12-27-21)17-5-2-1-4-14(17)8-19(24)29/h1-7,11-12,16H,8-10,13,30H2,(H2,24,29)(H,26,27,28)/t16-,22-. The molecule has 1 fully saturated rings. The van der Waals surface area contributed by atoms with Gasteiger partial charge >= 0.3 is 0 Å². The number of hydrogen-bond donors (Lipinski definition) is 2. The van der Waals surface area contributed by atoms with Crippen molar-refractivity contribution in [1.82, 2.24) is 15.0 Å². The van der Waals surface area contributed by atoms with Gasteiger partial charge in [-0.1, -0.05) is 30.3 Å². The maximum atomic E-state index is 13.8. The Morgan fingerprint density at radius 3 is 2.57 bits per heavy atom. The minimum absolute atomic E-state index is 0.157. The van der Waals surface area contributed by atoms with Gasteiger partial charge in [0, 0.05) is 36.1 Å². The molecule has 1 saturated carbocycles. The Bertz CT molecular complexity index is 1050. The number of pyridine rings is 1.